The molecule has 64 valence electrons. The van der Waals surface area contributed by atoms with Crippen LogP contribution in [0.4, 0.5) is 0 Å². The number of hydrogen-bond donors (Lipinski definition) is 1. The van der Waals surface area contributed by atoms with E-state index < -0.39 is 0 Å². The molecule has 1 aliphatic rings. The number of nitrogens with two attached hydrogens (primary N) is 1. The summed E-state index contributed by atoms with van der Waals surface area (Å²) in [6.45, 7) is 2.23. The summed E-state index contributed by atoms with van der Waals surface area (Å²) in [6.07, 6.45) is 6.40. The third-order valence-corrected chi connectivity index (χ3v) is 2.60. The van der Waals surface area contributed by atoms with Crippen molar-refractivity contribution in [1.82, 2.24) is 9.97 Å². The predicted molar refractivity (Wildman–Crippen MR) is 46.2 cm³/mol. The molecule has 0 aliphatic heterocycles. The first-order valence-electron chi connectivity index (χ1n) is 4.29. The Kier molecular flexibility index (Phi) is 1.81. The molecule has 1 heterocycles. The Morgan fingerprint density at radius 3 is 2.58 bits per heavy atom. The number of hydrogen-bond acceptors (Lipinski definition) is 3. The Bertz CT molecular complexity index is 260. The minimum atomic E-state index is 0.140. The average Bonchev–Trinajstić information content (AvgIpc) is 2.83. The maximum atomic E-state index is 6.01. The van der Waals surface area contributed by atoms with E-state index in [1.54, 1.807) is 0 Å². The van der Waals surface area contributed by atoms with Gasteiger partial charge in [-0.1, -0.05) is 6.92 Å². The van der Waals surface area contributed by atoms with Crippen LogP contribution < -0.4 is 5.73 Å². The monoisotopic (exact) mass is 163 g/mol. The van der Waals surface area contributed by atoms with Crippen LogP contribution >= 0.6 is 0 Å². The maximum absolute atomic E-state index is 6.01. The summed E-state index contributed by atoms with van der Waals surface area (Å²) in [5.74, 6) is 1.43. The minimum Gasteiger partial charge on any atom is -0.324 e. The fourth-order valence-corrected chi connectivity index (χ4v) is 1.58. The van der Waals surface area contributed by atoms with Gasteiger partial charge in [0, 0.05) is 24.0 Å². The summed E-state index contributed by atoms with van der Waals surface area (Å²) in [6, 6.07) is 0.140. The summed E-state index contributed by atoms with van der Waals surface area (Å²) in [5.41, 5.74) is 7.07. The van der Waals surface area contributed by atoms with Crippen molar-refractivity contribution in [2.24, 2.45) is 17.6 Å². The first-order valence-corrected chi connectivity index (χ1v) is 4.29. The maximum Gasteiger partial charge on any atom is 0.115 e. The molecule has 1 fully saturated rings. The summed E-state index contributed by atoms with van der Waals surface area (Å²) >= 11 is 0. The van der Waals surface area contributed by atoms with E-state index in [0.717, 1.165) is 11.5 Å². The zero-order valence-electron chi connectivity index (χ0n) is 7.14. The largest absolute Gasteiger partial charge is 0.324 e. The van der Waals surface area contributed by atoms with Crippen molar-refractivity contribution in [3.05, 3.63) is 24.3 Å². The van der Waals surface area contributed by atoms with Gasteiger partial charge in [0.15, 0.2) is 0 Å². The van der Waals surface area contributed by atoms with Crippen molar-refractivity contribution in [2.45, 2.75) is 19.4 Å². The van der Waals surface area contributed by atoms with Gasteiger partial charge >= 0.3 is 0 Å². The fraction of sp³-hybridized carbons (Fsp3) is 0.556. The van der Waals surface area contributed by atoms with Gasteiger partial charge in [-0.2, -0.15) is 0 Å². The van der Waals surface area contributed by atoms with Gasteiger partial charge in [0.25, 0.3) is 0 Å². The average molecular weight is 163 g/mol. The number of nitrogens with zero attached hydrogens (tertiary/aromatic N) is 2. The lowest BCUT2D eigenvalue weighted by Gasteiger charge is -2.08. The molecule has 0 amide bonds. The highest BCUT2D eigenvalue weighted by molar-refractivity contribution is 5.13. The molecule has 1 saturated carbocycles. The van der Waals surface area contributed by atoms with Gasteiger partial charge < -0.3 is 5.73 Å². The van der Waals surface area contributed by atoms with E-state index >= 15 is 0 Å². The van der Waals surface area contributed by atoms with Crippen LogP contribution in [0.15, 0.2) is 18.7 Å². The Balaban J connectivity index is 2.10. The Hall–Kier alpha value is -0.960. The summed E-state index contributed by atoms with van der Waals surface area (Å²) < 4.78 is 0. The van der Waals surface area contributed by atoms with Crippen molar-refractivity contribution < 1.29 is 0 Å². The Morgan fingerprint density at radius 2 is 2.08 bits per heavy atom. The first kappa shape index (κ1) is 7.68. The topological polar surface area (TPSA) is 51.8 Å². The second kappa shape index (κ2) is 2.83. The van der Waals surface area contributed by atoms with Gasteiger partial charge in [-0.3, -0.25) is 0 Å². The second-order valence-corrected chi connectivity index (χ2v) is 3.57. The summed E-state index contributed by atoms with van der Waals surface area (Å²) in [5, 5.41) is 0. The van der Waals surface area contributed by atoms with Crippen LogP contribution in [0.5, 0.6) is 0 Å². The van der Waals surface area contributed by atoms with Crippen molar-refractivity contribution in [2.75, 3.05) is 0 Å². The van der Waals surface area contributed by atoms with Crippen LogP contribution in [0.3, 0.4) is 0 Å². The standard InChI is InChI=1S/C9H13N3/c1-6-2-8(6)9(10)7-3-11-5-12-4-7/h3-6,8-9H,2,10H2,1H3. The lowest BCUT2D eigenvalue weighted by Crippen LogP contribution is -2.13. The Morgan fingerprint density at radius 1 is 1.50 bits per heavy atom. The normalized spacial score (nSPS) is 29.8. The molecule has 12 heavy (non-hydrogen) atoms. The molecule has 0 radical (unpaired) electrons. The highest BCUT2D eigenvalue weighted by Gasteiger charge is 2.38. The Labute approximate surface area is 72.0 Å². The van der Waals surface area contributed by atoms with Gasteiger partial charge in [-0.15, -0.1) is 0 Å². The molecule has 0 saturated heterocycles. The molecule has 1 aromatic rings. The molecule has 3 nitrogen and oxygen atoms in total. The molecule has 3 heteroatoms. The van der Waals surface area contributed by atoms with E-state index in [2.05, 4.69) is 16.9 Å². The van der Waals surface area contributed by atoms with Gasteiger partial charge in [-0.05, 0) is 18.3 Å². The van der Waals surface area contributed by atoms with E-state index in [0.29, 0.717) is 5.92 Å². The van der Waals surface area contributed by atoms with Gasteiger partial charge in [0.1, 0.15) is 6.33 Å². The smallest absolute Gasteiger partial charge is 0.115 e. The van der Waals surface area contributed by atoms with Gasteiger partial charge in [-0.25, -0.2) is 9.97 Å². The van der Waals surface area contributed by atoms with Crippen LogP contribution in [-0.4, -0.2) is 9.97 Å². The van der Waals surface area contributed by atoms with E-state index in [9.17, 15) is 0 Å². The summed E-state index contributed by atoms with van der Waals surface area (Å²) in [7, 11) is 0. The minimum absolute atomic E-state index is 0.140. The van der Waals surface area contributed by atoms with Gasteiger partial charge in [0.05, 0.1) is 0 Å². The van der Waals surface area contributed by atoms with E-state index in [1.165, 1.54) is 12.7 Å². The van der Waals surface area contributed by atoms with E-state index in [4.69, 9.17) is 5.73 Å². The lowest BCUT2D eigenvalue weighted by atomic mass is 10.1. The molecular formula is C9H13N3. The van der Waals surface area contributed by atoms with E-state index in [1.807, 2.05) is 12.4 Å². The molecule has 2 N–H and O–H groups in total. The van der Waals surface area contributed by atoms with E-state index in [-0.39, 0.29) is 6.04 Å². The second-order valence-electron chi connectivity index (χ2n) is 3.57. The number of rotatable bonds is 2. The van der Waals surface area contributed by atoms with Gasteiger partial charge in [0.2, 0.25) is 0 Å². The van der Waals surface area contributed by atoms with Crippen LogP contribution in [-0.2, 0) is 0 Å². The molecular weight excluding hydrogens is 150 g/mol. The van der Waals surface area contributed by atoms with Crippen molar-refractivity contribution in [1.29, 1.82) is 0 Å². The van der Waals surface area contributed by atoms with Crippen molar-refractivity contribution in [3.8, 4) is 0 Å². The first-order chi connectivity index (χ1) is 5.79. The highest BCUT2D eigenvalue weighted by atomic mass is 14.8. The number of aromatic nitrogens is 2. The molecule has 3 atom stereocenters. The molecule has 0 bridgehead atoms. The van der Waals surface area contributed by atoms with Crippen LogP contribution in [0.1, 0.15) is 24.9 Å². The van der Waals surface area contributed by atoms with Crippen LogP contribution in [0, 0.1) is 11.8 Å². The molecule has 2 rings (SSSR count). The zero-order valence-corrected chi connectivity index (χ0v) is 7.14. The summed E-state index contributed by atoms with van der Waals surface area (Å²) in [4.78, 5) is 7.90. The zero-order chi connectivity index (χ0) is 8.55. The SMILES string of the molecule is CC1CC1C(N)c1cncnc1. The predicted octanol–water partition coefficient (Wildman–Crippen LogP) is 1.13. The molecule has 1 aromatic heterocycles. The fourth-order valence-electron chi connectivity index (χ4n) is 1.58. The van der Waals surface area contributed by atoms with Crippen molar-refractivity contribution >= 4 is 0 Å². The van der Waals surface area contributed by atoms with Crippen LogP contribution in [0.25, 0.3) is 0 Å². The molecule has 3 unspecified atom stereocenters. The molecule has 1 aliphatic carbocycles. The van der Waals surface area contributed by atoms with Crippen LogP contribution in [0.2, 0.25) is 0 Å². The highest BCUT2D eigenvalue weighted by Crippen LogP contribution is 2.45. The molecule has 0 aromatic carbocycles. The quantitative estimate of drug-likeness (QED) is 0.711. The third-order valence-electron chi connectivity index (χ3n) is 2.60. The third kappa shape index (κ3) is 1.32. The van der Waals surface area contributed by atoms with Crippen molar-refractivity contribution in [3.63, 3.8) is 0 Å². The lowest BCUT2D eigenvalue weighted by molar-refractivity contribution is 0.589. The molecule has 0 spiro atoms.